The average Bonchev–Trinajstić information content (AvgIpc) is 2.06. The molecule has 0 heterocycles. The zero-order valence-electron chi connectivity index (χ0n) is 6.65. The summed E-state index contributed by atoms with van der Waals surface area (Å²) in [6.45, 7) is 0. The predicted octanol–water partition coefficient (Wildman–Crippen LogP) is 3.45. The van der Waals surface area contributed by atoms with Gasteiger partial charge in [-0.15, -0.1) is 0 Å². The molecule has 1 N–H and O–H groups in total. The van der Waals surface area contributed by atoms with E-state index in [0.29, 0.717) is 4.47 Å². The van der Waals surface area contributed by atoms with Gasteiger partial charge in [0.15, 0.2) is 6.10 Å². The lowest BCUT2D eigenvalue weighted by atomic mass is 10.1. The van der Waals surface area contributed by atoms with Crippen LogP contribution in [-0.4, -0.2) is 10.5 Å². The SMILES string of the molecule is OC(c1cc(Br)ccc1F)C(F)(F)Cl. The number of aliphatic hydroxyl groups excluding tert-OH is 1. The molecule has 1 rings (SSSR count). The molecule has 1 unspecified atom stereocenters. The Hall–Kier alpha value is -0.260. The molecule has 1 atom stereocenters. The molecular formula is C8H5BrClF3O. The molecule has 0 aliphatic heterocycles. The van der Waals surface area contributed by atoms with Gasteiger partial charge in [0, 0.05) is 10.0 Å². The summed E-state index contributed by atoms with van der Waals surface area (Å²) in [5.74, 6) is -0.930. The quantitative estimate of drug-likeness (QED) is 0.827. The van der Waals surface area contributed by atoms with Crippen LogP contribution in [0.15, 0.2) is 22.7 Å². The third-order valence-electron chi connectivity index (χ3n) is 1.56. The zero-order valence-corrected chi connectivity index (χ0v) is 8.99. The predicted molar refractivity (Wildman–Crippen MR) is 49.9 cm³/mol. The van der Waals surface area contributed by atoms with Crippen molar-refractivity contribution in [1.82, 2.24) is 0 Å². The second-order valence-corrected chi connectivity index (χ2v) is 4.03. The molecule has 0 bridgehead atoms. The summed E-state index contributed by atoms with van der Waals surface area (Å²) in [5, 5.41) is 5.13. The molecule has 0 aliphatic rings. The van der Waals surface area contributed by atoms with E-state index in [-0.39, 0.29) is 0 Å². The summed E-state index contributed by atoms with van der Waals surface area (Å²) >= 11 is 7.54. The van der Waals surface area contributed by atoms with Crippen LogP contribution in [-0.2, 0) is 0 Å². The van der Waals surface area contributed by atoms with Crippen LogP contribution in [0.5, 0.6) is 0 Å². The number of benzene rings is 1. The number of hydrogen-bond donors (Lipinski definition) is 1. The maximum absolute atomic E-state index is 13.0. The molecule has 1 aromatic rings. The fraction of sp³-hybridized carbons (Fsp3) is 0.250. The standard InChI is InChI=1S/C8H5BrClF3O/c9-4-1-2-6(11)5(3-4)7(14)8(10,12)13/h1-3,7,14H. The van der Waals surface area contributed by atoms with E-state index in [1.165, 1.54) is 6.07 Å². The third kappa shape index (κ3) is 2.62. The van der Waals surface area contributed by atoms with Crippen LogP contribution in [0.4, 0.5) is 13.2 Å². The Bertz CT molecular complexity index is 340. The van der Waals surface area contributed by atoms with Crippen LogP contribution < -0.4 is 0 Å². The van der Waals surface area contributed by atoms with Gasteiger partial charge in [-0.25, -0.2) is 4.39 Å². The van der Waals surface area contributed by atoms with Crippen molar-refractivity contribution in [2.45, 2.75) is 11.5 Å². The highest BCUT2D eigenvalue weighted by Gasteiger charge is 2.38. The summed E-state index contributed by atoms with van der Waals surface area (Å²) in [6.07, 6.45) is -2.36. The van der Waals surface area contributed by atoms with Gasteiger partial charge in [-0.3, -0.25) is 0 Å². The van der Waals surface area contributed by atoms with Crippen LogP contribution in [0.1, 0.15) is 11.7 Å². The Morgan fingerprint density at radius 2 is 2.00 bits per heavy atom. The van der Waals surface area contributed by atoms with Gasteiger partial charge in [0.2, 0.25) is 0 Å². The summed E-state index contributed by atoms with van der Waals surface area (Å²) in [4.78, 5) is 0. The monoisotopic (exact) mass is 288 g/mol. The third-order valence-corrected chi connectivity index (χ3v) is 2.26. The van der Waals surface area contributed by atoms with Gasteiger partial charge in [-0.05, 0) is 29.8 Å². The normalized spacial score (nSPS) is 14.1. The first-order valence-corrected chi connectivity index (χ1v) is 4.69. The highest BCUT2D eigenvalue weighted by Crippen LogP contribution is 2.36. The topological polar surface area (TPSA) is 20.2 Å². The molecule has 0 saturated carbocycles. The minimum absolute atomic E-state index is 0.383. The first-order valence-electron chi connectivity index (χ1n) is 3.52. The molecule has 0 amide bonds. The molecule has 14 heavy (non-hydrogen) atoms. The molecule has 0 spiro atoms. The van der Waals surface area contributed by atoms with Crippen molar-refractivity contribution in [3.05, 3.63) is 34.1 Å². The van der Waals surface area contributed by atoms with Crippen molar-refractivity contribution < 1.29 is 18.3 Å². The summed E-state index contributed by atoms with van der Waals surface area (Å²) < 4.78 is 38.3. The molecule has 6 heteroatoms. The van der Waals surface area contributed by atoms with Crippen molar-refractivity contribution in [1.29, 1.82) is 0 Å². The largest absolute Gasteiger partial charge is 0.381 e. The fourth-order valence-corrected chi connectivity index (χ4v) is 1.40. The Kier molecular flexibility index (Phi) is 3.44. The molecule has 1 nitrogen and oxygen atoms in total. The fourth-order valence-electron chi connectivity index (χ4n) is 0.900. The van der Waals surface area contributed by atoms with Crippen LogP contribution in [0.25, 0.3) is 0 Å². The highest BCUT2D eigenvalue weighted by molar-refractivity contribution is 9.10. The van der Waals surface area contributed by atoms with Crippen LogP contribution >= 0.6 is 27.5 Å². The van der Waals surface area contributed by atoms with E-state index in [0.717, 1.165) is 12.1 Å². The van der Waals surface area contributed by atoms with Gasteiger partial charge >= 0.3 is 5.38 Å². The molecule has 78 valence electrons. The zero-order chi connectivity index (χ0) is 10.9. The summed E-state index contributed by atoms with van der Waals surface area (Å²) in [5.41, 5.74) is -0.542. The van der Waals surface area contributed by atoms with Crippen molar-refractivity contribution in [3.8, 4) is 0 Å². The average molecular weight is 289 g/mol. The Morgan fingerprint density at radius 3 is 2.50 bits per heavy atom. The van der Waals surface area contributed by atoms with E-state index >= 15 is 0 Å². The molecule has 0 radical (unpaired) electrons. The first-order chi connectivity index (χ1) is 6.32. The van der Waals surface area contributed by atoms with E-state index in [4.69, 9.17) is 5.11 Å². The lowest BCUT2D eigenvalue weighted by molar-refractivity contribution is -0.0441. The summed E-state index contributed by atoms with van der Waals surface area (Å²) in [6, 6.07) is 3.35. The minimum atomic E-state index is -3.89. The molecule has 0 aliphatic carbocycles. The second-order valence-electron chi connectivity index (χ2n) is 2.61. The molecule has 0 aromatic heterocycles. The van der Waals surface area contributed by atoms with Crippen molar-refractivity contribution in [2.24, 2.45) is 0 Å². The number of rotatable bonds is 2. The van der Waals surface area contributed by atoms with Crippen LogP contribution in [0.3, 0.4) is 0 Å². The van der Waals surface area contributed by atoms with Gasteiger partial charge in [0.1, 0.15) is 5.82 Å². The first kappa shape index (κ1) is 11.8. The minimum Gasteiger partial charge on any atom is -0.381 e. The maximum atomic E-state index is 13.0. The van der Waals surface area contributed by atoms with Gasteiger partial charge in [0.05, 0.1) is 0 Å². The lowest BCUT2D eigenvalue weighted by Crippen LogP contribution is -2.20. The number of halogens is 5. The van der Waals surface area contributed by atoms with E-state index in [1.807, 2.05) is 0 Å². The Balaban J connectivity index is 3.12. The Labute approximate surface area is 91.6 Å². The van der Waals surface area contributed by atoms with E-state index in [1.54, 1.807) is 0 Å². The van der Waals surface area contributed by atoms with Crippen molar-refractivity contribution in [3.63, 3.8) is 0 Å². The van der Waals surface area contributed by atoms with Crippen LogP contribution in [0, 0.1) is 5.82 Å². The van der Waals surface area contributed by atoms with Crippen molar-refractivity contribution >= 4 is 27.5 Å². The molecular weight excluding hydrogens is 284 g/mol. The van der Waals surface area contributed by atoms with E-state index in [9.17, 15) is 13.2 Å². The van der Waals surface area contributed by atoms with E-state index in [2.05, 4.69) is 27.5 Å². The van der Waals surface area contributed by atoms with Gasteiger partial charge in [0.25, 0.3) is 0 Å². The maximum Gasteiger partial charge on any atom is 0.351 e. The number of aliphatic hydroxyl groups is 1. The second kappa shape index (κ2) is 4.08. The molecule has 0 saturated heterocycles. The lowest BCUT2D eigenvalue weighted by Gasteiger charge is -2.16. The van der Waals surface area contributed by atoms with Gasteiger partial charge < -0.3 is 5.11 Å². The van der Waals surface area contributed by atoms with Crippen molar-refractivity contribution in [2.75, 3.05) is 0 Å². The highest BCUT2D eigenvalue weighted by atomic mass is 79.9. The molecule has 1 aromatic carbocycles. The van der Waals surface area contributed by atoms with Gasteiger partial charge in [-0.2, -0.15) is 8.78 Å². The number of hydrogen-bond acceptors (Lipinski definition) is 1. The Morgan fingerprint density at radius 1 is 1.43 bits per heavy atom. The number of alkyl halides is 3. The smallest absolute Gasteiger partial charge is 0.351 e. The molecule has 0 fully saturated rings. The van der Waals surface area contributed by atoms with E-state index < -0.39 is 22.9 Å². The summed E-state index contributed by atoms with van der Waals surface area (Å²) in [7, 11) is 0. The van der Waals surface area contributed by atoms with Gasteiger partial charge in [-0.1, -0.05) is 15.9 Å². The van der Waals surface area contributed by atoms with Crippen LogP contribution in [0.2, 0.25) is 0 Å².